The fourth-order valence-electron chi connectivity index (χ4n) is 6.79. The van der Waals surface area contributed by atoms with Gasteiger partial charge in [-0.1, -0.05) is 11.6 Å². The van der Waals surface area contributed by atoms with Gasteiger partial charge in [0.05, 0.1) is 10.7 Å². The second kappa shape index (κ2) is 5.76. The van der Waals surface area contributed by atoms with Gasteiger partial charge in [0.25, 0.3) is 0 Å². The van der Waals surface area contributed by atoms with Crippen molar-refractivity contribution in [3.8, 4) is 0 Å². The van der Waals surface area contributed by atoms with Crippen LogP contribution in [-0.4, -0.2) is 11.3 Å². The quantitative estimate of drug-likeness (QED) is 0.558. The number of rotatable bonds is 2. The smallest absolute Gasteiger partial charge is 0.163 e. The Hall–Kier alpha value is -1.48. The lowest BCUT2D eigenvalue weighted by Gasteiger charge is -2.55. The normalized spacial score (nSPS) is 37.1. The molecule has 0 atom stereocenters. The van der Waals surface area contributed by atoms with Gasteiger partial charge in [0.2, 0.25) is 0 Å². The SMILES string of the molecule is CC1(C)Cc2cc(Cl)c(N)cc2/C(=C/C(=O)C23CC4CC(CC(C4)C2)C3)N1. The third kappa shape index (κ3) is 2.90. The Kier molecular flexibility index (Phi) is 3.76. The van der Waals surface area contributed by atoms with Gasteiger partial charge < -0.3 is 11.1 Å². The molecule has 0 amide bonds. The van der Waals surface area contributed by atoms with Crippen molar-refractivity contribution in [3.63, 3.8) is 0 Å². The van der Waals surface area contributed by atoms with Gasteiger partial charge in [-0.05, 0) is 94.2 Å². The lowest BCUT2D eigenvalue weighted by Crippen LogP contribution is -2.50. The van der Waals surface area contributed by atoms with Crippen LogP contribution >= 0.6 is 11.6 Å². The predicted octanol–water partition coefficient (Wildman–Crippen LogP) is 4.97. The van der Waals surface area contributed by atoms with Crippen LogP contribution in [0, 0.1) is 23.2 Å². The lowest BCUT2D eigenvalue weighted by atomic mass is 9.48. The topological polar surface area (TPSA) is 55.1 Å². The molecule has 0 spiro atoms. The minimum atomic E-state index is -0.111. The largest absolute Gasteiger partial charge is 0.398 e. The summed E-state index contributed by atoms with van der Waals surface area (Å²) >= 11 is 6.27. The fraction of sp³-hybridized carbons (Fsp3) is 0.609. The molecule has 4 saturated carbocycles. The van der Waals surface area contributed by atoms with Crippen LogP contribution in [-0.2, 0) is 11.2 Å². The van der Waals surface area contributed by atoms with Crippen LogP contribution in [0.3, 0.4) is 0 Å². The van der Waals surface area contributed by atoms with Gasteiger partial charge in [-0.3, -0.25) is 4.79 Å². The Bertz CT molecular complexity index is 819. The average molecular weight is 385 g/mol. The Labute approximate surface area is 166 Å². The third-order valence-corrected chi connectivity index (χ3v) is 7.78. The van der Waals surface area contributed by atoms with Gasteiger partial charge in [-0.2, -0.15) is 0 Å². The molecule has 4 fully saturated rings. The molecule has 4 aliphatic carbocycles. The van der Waals surface area contributed by atoms with Crippen molar-refractivity contribution in [2.24, 2.45) is 23.2 Å². The zero-order valence-electron chi connectivity index (χ0n) is 16.3. The van der Waals surface area contributed by atoms with E-state index in [-0.39, 0.29) is 11.0 Å². The number of allylic oxidation sites excluding steroid dienone is 1. The van der Waals surface area contributed by atoms with Crippen LogP contribution in [0.4, 0.5) is 5.69 Å². The van der Waals surface area contributed by atoms with E-state index in [1.807, 2.05) is 18.2 Å². The molecule has 1 aromatic rings. The Balaban J connectivity index is 1.53. The van der Waals surface area contributed by atoms with Crippen LogP contribution < -0.4 is 11.1 Å². The maximum Gasteiger partial charge on any atom is 0.163 e. The van der Waals surface area contributed by atoms with Crippen molar-refractivity contribution >= 4 is 28.8 Å². The first kappa shape index (κ1) is 17.6. The van der Waals surface area contributed by atoms with Crippen molar-refractivity contribution < 1.29 is 4.79 Å². The van der Waals surface area contributed by atoms with Gasteiger partial charge in [-0.15, -0.1) is 0 Å². The highest BCUT2D eigenvalue weighted by Crippen LogP contribution is 2.60. The van der Waals surface area contributed by atoms with E-state index in [0.717, 1.165) is 54.7 Å². The van der Waals surface area contributed by atoms with Gasteiger partial charge in [0.1, 0.15) is 0 Å². The number of carbonyl (C=O) groups excluding carboxylic acids is 1. The number of fused-ring (bicyclic) bond motifs is 1. The van der Waals surface area contributed by atoms with Gasteiger partial charge in [0.15, 0.2) is 5.78 Å². The van der Waals surface area contributed by atoms with Gasteiger partial charge in [-0.25, -0.2) is 0 Å². The van der Waals surface area contributed by atoms with Crippen molar-refractivity contribution in [2.45, 2.75) is 64.3 Å². The summed E-state index contributed by atoms with van der Waals surface area (Å²) in [5.74, 6) is 2.66. The zero-order chi connectivity index (χ0) is 19.0. The molecule has 1 aliphatic heterocycles. The number of nitrogens with two attached hydrogens (primary N) is 1. The van der Waals surface area contributed by atoms with E-state index in [1.54, 1.807) is 0 Å². The number of hydrogen-bond acceptors (Lipinski definition) is 3. The summed E-state index contributed by atoms with van der Waals surface area (Å²) in [4.78, 5) is 13.6. The molecule has 3 N–H and O–H groups in total. The number of nitrogens with one attached hydrogen (secondary N) is 1. The van der Waals surface area contributed by atoms with Crippen LogP contribution in [0.25, 0.3) is 5.70 Å². The fourth-order valence-corrected chi connectivity index (χ4v) is 6.98. The van der Waals surface area contributed by atoms with E-state index in [2.05, 4.69) is 19.2 Å². The zero-order valence-corrected chi connectivity index (χ0v) is 17.0. The van der Waals surface area contributed by atoms with E-state index in [0.29, 0.717) is 16.5 Å². The number of anilines is 1. The lowest BCUT2D eigenvalue weighted by molar-refractivity contribution is -0.138. The second-order valence-electron chi connectivity index (χ2n) is 10.3. The molecular formula is C23H29ClN2O. The summed E-state index contributed by atoms with van der Waals surface area (Å²) in [5, 5.41) is 4.20. The van der Waals surface area contributed by atoms with E-state index >= 15 is 0 Å². The Morgan fingerprint density at radius 3 is 2.33 bits per heavy atom. The Morgan fingerprint density at radius 2 is 1.74 bits per heavy atom. The highest BCUT2D eigenvalue weighted by atomic mass is 35.5. The maximum atomic E-state index is 13.6. The monoisotopic (exact) mass is 384 g/mol. The molecule has 4 bridgehead atoms. The average Bonchev–Trinajstić information content (AvgIpc) is 2.54. The van der Waals surface area contributed by atoms with E-state index < -0.39 is 0 Å². The molecule has 144 valence electrons. The van der Waals surface area contributed by atoms with Crippen LogP contribution in [0.5, 0.6) is 0 Å². The molecule has 4 heteroatoms. The number of ketones is 1. The first-order chi connectivity index (χ1) is 12.7. The van der Waals surface area contributed by atoms with Gasteiger partial charge >= 0.3 is 0 Å². The van der Waals surface area contributed by atoms with Crippen molar-refractivity contribution in [1.82, 2.24) is 5.32 Å². The van der Waals surface area contributed by atoms with E-state index in [1.165, 1.54) is 24.8 Å². The summed E-state index contributed by atoms with van der Waals surface area (Å²) in [6.45, 7) is 4.34. The number of carbonyl (C=O) groups is 1. The van der Waals surface area contributed by atoms with Crippen molar-refractivity contribution in [3.05, 3.63) is 34.4 Å². The van der Waals surface area contributed by atoms with Crippen LogP contribution in [0.2, 0.25) is 5.02 Å². The van der Waals surface area contributed by atoms with Crippen molar-refractivity contribution in [1.29, 1.82) is 0 Å². The maximum absolute atomic E-state index is 13.6. The van der Waals surface area contributed by atoms with E-state index in [4.69, 9.17) is 17.3 Å². The summed E-state index contributed by atoms with van der Waals surface area (Å²) in [5.41, 5.74) is 9.56. The summed E-state index contributed by atoms with van der Waals surface area (Å²) in [7, 11) is 0. The highest BCUT2D eigenvalue weighted by Gasteiger charge is 2.54. The van der Waals surface area contributed by atoms with Crippen LogP contribution in [0.1, 0.15) is 63.5 Å². The third-order valence-electron chi connectivity index (χ3n) is 7.45. The molecule has 0 radical (unpaired) electrons. The minimum Gasteiger partial charge on any atom is -0.398 e. The van der Waals surface area contributed by atoms with Crippen molar-refractivity contribution in [2.75, 3.05) is 5.73 Å². The molecule has 0 aromatic heterocycles. The second-order valence-corrected chi connectivity index (χ2v) is 10.7. The van der Waals surface area contributed by atoms with Crippen LogP contribution in [0.15, 0.2) is 18.2 Å². The standard InChI is InChI=1S/C23H29ClN2O/c1-22(2)12-16-6-18(24)19(25)7-17(16)20(26-22)8-21(27)23-9-13-3-14(10-23)5-15(4-13)11-23/h6-8,13-15,26H,3-5,9-12,25H2,1-2H3/b20-8-. The molecule has 27 heavy (non-hydrogen) atoms. The molecule has 1 aromatic carbocycles. The summed E-state index contributed by atoms with van der Waals surface area (Å²) < 4.78 is 0. The molecule has 3 nitrogen and oxygen atoms in total. The molecular weight excluding hydrogens is 356 g/mol. The molecule has 6 rings (SSSR count). The molecule has 0 saturated heterocycles. The Morgan fingerprint density at radius 1 is 1.15 bits per heavy atom. The number of nitrogen functional groups attached to an aromatic ring is 1. The summed E-state index contributed by atoms with van der Waals surface area (Å²) in [6, 6.07) is 3.90. The number of benzene rings is 1. The number of hydrogen-bond donors (Lipinski definition) is 2. The predicted molar refractivity (Wildman–Crippen MR) is 110 cm³/mol. The summed E-state index contributed by atoms with van der Waals surface area (Å²) in [6.07, 6.45) is 10.1. The molecule has 5 aliphatic rings. The van der Waals surface area contributed by atoms with E-state index in [9.17, 15) is 4.79 Å². The minimum absolute atomic E-state index is 0.108. The van der Waals surface area contributed by atoms with Gasteiger partial charge in [0, 0.05) is 28.3 Å². The first-order valence-corrected chi connectivity index (χ1v) is 10.7. The number of halogens is 1. The first-order valence-electron chi connectivity index (χ1n) is 10.4. The highest BCUT2D eigenvalue weighted by molar-refractivity contribution is 6.33. The molecule has 1 heterocycles. The molecule has 0 unspecified atom stereocenters.